The molecular weight excluding hydrogens is 258 g/mol. The van der Waals surface area contributed by atoms with Gasteiger partial charge in [-0.25, -0.2) is 4.79 Å². The summed E-state index contributed by atoms with van der Waals surface area (Å²) < 4.78 is 5.14. The Morgan fingerprint density at radius 2 is 2.10 bits per heavy atom. The van der Waals surface area contributed by atoms with E-state index in [2.05, 4.69) is 29.4 Å². The molecule has 20 heavy (non-hydrogen) atoms. The van der Waals surface area contributed by atoms with Gasteiger partial charge in [-0.15, -0.1) is 0 Å². The van der Waals surface area contributed by atoms with E-state index in [0.29, 0.717) is 12.3 Å². The van der Waals surface area contributed by atoms with Gasteiger partial charge in [0.25, 0.3) is 0 Å². The molecule has 2 amide bonds. The van der Waals surface area contributed by atoms with E-state index in [-0.39, 0.29) is 12.6 Å². The Hall–Kier alpha value is -1.53. The van der Waals surface area contributed by atoms with Gasteiger partial charge in [0.1, 0.15) is 11.4 Å². The average Bonchev–Trinajstić information content (AvgIpc) is 2.96. The fraction of sp³-hybridized carbons (Fsp3) is 0.643. The van der Waals surface area contributed by atoms with Crippen LogP contribution in [0.1, 0.15) is 26.5 Å². The highest BCUT2D eigenvalue weighted by Gasteiger charge is 2.26. The summed E-state index contributed by atoms with van der Waals surface area (Å²) in [7, 11) is 0. The number of nitrogens with one attached hydrogen (secondary N) is 2. The average molecular weight is 283 g/mol. The summed E-state index contributed by atoms with van der Waals surface area (Å²) in [6.07, 6.45) is 1.49. The van der Waals surface area contributed by atoms with Crippen LogP contribution in [0.15, 0.2) is 22.8 Å². The van der Waals surface area contributed by atoms with Crippen LogP contribution in [0.25, 0.3) is 0 Å². The molecule has 1 unspecified atom stereocenters. The second-order valence-electron chi connectivity index (χ2n) is 4.89. The summed E-state index contributed by atoms with van der Waals surface area (Å²) in [6, 6.07) is 3.09. The predicted octanol–water partition coefficient (Wildman–Crippen LogP) is 1.13. The summed E-state index contributed by atoms with van der Waals surface area (Å²) in [4.78, 5) is 13.9. The lowest BCUT2D eigenvalue weighted by atomic mass is 10.0. The van der Waals surface area contributed by atoms with Crippen LogP contribution >= 0.6 is 0 Å². The molecule has 3 N–H and O–H groups in total. The number of rotatable bonds is 8. The molecule has 0 aliphatic carbocycles. The van der Waals surface area contributed by atoms with Crippen molar-refractivity contribution in [2.75, 3.05) is 32.7 Å². The molecule has 1 aromatic heterocycles. The van der Waals surface area contributed by atoms with Crippen LogP contribution in [0, 0.1) is 0 Å². The number of hydrogen-bond donors (Lipinski definition) is 3. The number of amides is 2. The topological polar surface area (TPSA) is 77.7 Å². The van der Waals surface area contributed by atoms with E-state index in [1.54, 1.807) is 19.1 Å². The molecule has 114 valence electrons. The normalized spacial score (nSPS) is 14.1. The van der Waals surface area contributed by atoms with E-state index < -0.39 is 5.60 Å². The lowest BCUT2D eigenvalue weighted by Crippen LogP contribution is -2.45. The van der Waals surface area contributed by atoms with Crippen molar-refractivity contribution in [2.24, 2.45) is 0 Å². The number of furan rings is 1. The number of carbonyl (C=O) groups is 1. The molecular formula is C14H25N3O3. The predicted molar refractivity (Wildman–Crippen MR) is 77.5 cm³/mol. The van der Waals surface area contributed by atoms with E-state index in [9.17, 15) is 9.90 Å². The summed E-state index contributed by atoms with van der Waals surface area (Å²) >= 11 is 0. The van der Waals surface area contributed by atoms with Crippen molar-refractivity contribution in [3.8, 4) is 0 Å². The quantitative estimate of drug-likeness (QED) is 0.668. The van der Waals surface area contributed by atoms with Crippen molar-refractivity contribution in [3.05, 3.63) is 24.2 Å². The molecule has 0 saturated heterocycles. The van der Waals surface area contributed by atoms with Gasteiger partial charge in [0.05, 0.1) is 12.8 Å². The monoisotopic (exact) mass is 283 g/mol. The van der Waals surface area contributed by atoms with Crippen molar-refractivity contribution in [2.45, 2.75) is 26.4 Å². The Bertz CT molecular complexity index is 386. The van der Waals surface area contributed by atoms with E-state index in [4.69, 9.17) is 4.42 Å². The second-order valence-corrected chi connectivity index (χ2v) is 4.89. The van der Waals surface area contributed by atoms with Crippen molar-refractivity contribution < 1.29 is 14.3 Å². The van der Waals surface area contributed by atoms with Gasteiger partial charge < -0.3 is 25.1 Å². The van der Waals surface area contributed by atoms with Crippen LogP contribution in [0.2, 0.25) is 0 Å². The Labute approximate surface area is 120 Å². The van der Waals surface area contributed by atoms with Crippen LogP contribution in [0.3, 0.4) is 0 Å². The minimum atomic E-state index is -1.21. The lowest BCUT2D eigenvalue weighted by molar-refractivity contribution is 0.0367. The standard InChI is InChI=1S/C14H25N3O3/c1-4-17(5-2)9-8-15-13(18)16-11-14(3,19)12-7-6-10-20-12/h6-7,10,19H,4-5,8-9,11H2,1-3H3,(H2,15,16,18). The van der Waals surface area contributed by atoms with Crippen LogP contribution < -0.4 is 10.6 Å². The fourth-order valence-electron chi connectivity index (χ4n) is 1.85. The Balaban J connectivity index is 2.26. The molecule has 0 bridgehead atoms. The number of aliphatic hydroxyl groups is 1. The third-order valence-electron chi connectivity index (χ3n) is 3.25. The minimum absolute atomic E-state index is 0.0949. The fourth-order valence-corrected chi connectivity index (χ4v) is 1.85. The van der Waals surface area contributed by atoms with E-state index >= 15 is 0 Å². The first-order valence-corrected chi connectivity index (χ1v) is 7.00. The number of hydrogen-bond acceptors (Lipinski definition) is 4. The molecule has 1 aromatic rings. The summed E-state index contributed by atoms with van der Waals surface area (Å²) in [5.41, 5.74) is -1.21. The maximum atomic E-state index is 11.6. The van der Waals surface area contributed by atoms with Gasteiger partial charge in [-0.05, 0) is 32.1 Å². The zero-order chi connectivity index (χ0) is 15.0. The summed E-state index contributed by atoms with van der Waals surface area (Å²) in [5, 5.41) is 15.6. The Kier molecular flexibility index (Phi) is 6.54. The van der Waals surface area contributed by atoms with Crippen molar-refractivity contribution in [1.82, 2.24) is 15.5 Å². The molecule has 6 heteroatoms. The largest absolute Gasteiger partial charge is 0.466 e. The zero-order valence-electron chi connectivity index (χ0n) is 12.5. The summed E-state index contributed by atoms with van der Waals surface area (Å²) in [6.45, 7) is 9.19. The van der Waals surface area contributed by atoms with Gasteiger partial charge in [0, 0.05) is 13.1 Å². The first-order valence-electron chi connectivity index (χ1n) is 7.00. The summed E-state index contributed by atoms with van der Waals surface area (Å²) in [5.74, 6) is 0.431. The molecule has 1 heterocycles. The molecule has 0 aliphatic rings. The van der Waals surface area contributed by atoms with E-state index in [0.717, 1.165) is 19.6 Å². The van der Waals surface area contributed by atoms with Gasteiger partial charge in [0.2, 0.25) is 0 Å². The third kappa shape index (κ3) is 5.22. The molecule has 1 rings (SSSR count). The highest BCUT2D eigenvalue weighted by atomic mass is 16.4. The second kappa shape index (κ2) is 7.91. The van der Waals surface area contributed by atoms with Crippen LogP contribution in [0.5, 0.6) is 0 Å². The van der Waals surface area contributed by atoms with Gasteiger partial charge in [0.15, 0.2) is 0 Å². The number of urea groups is 1. The highest BCUT2D eigenvalue weighted by molar-refractivity contribution is 5.73. The molecule has 1 atom stereocenters. The van der Waals surface area contributed by atoms with Crippen molar-refractivity contribution in [1.29, 1.82) is 0 Å². The van der Waals surface area contributed by atoms with Crippen LogP contribution in [0.4, 0.5) is 4.79 Å². The Morgan fingerprint density at radius 3 is 2.65 bits per heavy atom. The lowest BCUT2D eigenvalue weighted by Gasteiger charge is -2.22. The third-order valence-corrected chi connectivity index (χ3v) is 3.25. The molecule has 0 spiro atoms. The van der Waals surface area contributed by atoms with Crippen molar-refractivity contribution >= 4 is 6.03 Å². The van der Waals surface area contributed by atoms with Gasteiger partial charge in [-0.3, -0.25) is 0 Å². The van der Waals surface area contributed by atoms with E-state index in [1.165, 1.54) is 6.26 Å². The van der Waals surface area contributed by atoms with Gasteiger partial charge in [-0.1, -0.05) is 13.8 Å². The molecule has 6 nitrogen and oxygen atoms in total. The molecule has 0 aromatic carbocycles. The molecule has 0 aliphatic heterocycles. The number of nitrogens with zero attached hydrogens (tertiary/aromatic N) is 1. The molecule has 0 fully saturated rings. The first kappa shape index (κ1) is 16.5. The SMILES string of the molecule is CCN(CC)CCNC(=O)NCC(C)(O)c1ccco1. The maximum Gasteiger partial charge on any atom is 0.314 e. The first-order chi connectivity index (χ1) is 9.49. The number of carbonyl (C=O) groups excluding carboxylic acids is 1. The number of likely N-dealkylation sites (N-methyl/N-ethyl adjacent to an activating group) is 1. The van der Waals surface area contributed by atoms with Crippen LogP contribution in [-0.4, -0.2) is 48.8 Å². The zero-order valence-corrected chi connectivity index (χ0v) is 12.5. The van der Waals surface area contributed by atoms with Gasteiger partial charge >= 0.3 is 6.03 Å². The Morgan fingerprint density at radius 1 is 1.40 bits per heavy atom. The van der Waals surface area contributed by atoms with E-state index in [1.807, 2.05) is 0 Å². The molecule has 0 saturated carbocycles. The maximum absolute atomic E-state index is 11.6. The molecule has 0 radical (unpaired) electrons. The van der Waals surface area contributed by atoms with Gasteiger partial charge in [-0.2, -0.15) is 0 Å². The minimum Gasteiger partial charge on any atom is -0.466 e. The highest BCUT2D eigenvalue weighted by Crippen LogP contribution is 2.19. The van der Waals surface area contributed by atoms with Crippen LogP contribution in [-0.2, 0) is 5.60 Å². The van der Waals surface area contributed by atoms with Crippen molar-refractivity contribution in [3.63, 3.8) is 0 Å². The smallest absolute Gasteiger partial charge is 0.314 e.